The number of aryl methyl sites for hydroxylation is 2. The van der Waals surface area contributed by atoms with Crippen molar-refractivity contribution < 1.29 is 4.79 Å². The molecular weight excluding hydrogens is 424 g/mol. The van der Waals surface area contributed by atoms with E-state index in [1.165, 1.54) is 31.3 Å². The summed E-state index contributed by atoms with van der Waals surface area (Å²) in [5.41, 5.74) is 5.31. The van der Waals surface area contributed by atoms with Gasteiger partial charge < -0.3 is 10.2 Å². The van der Waals surface area contributed by atoms with E-state index in [1.54, 1.807) is 0 Å². The summed E-state index contributed by atoms with van der Waals surface area (Å²) in [7, 11) is 0. The van der Waals surface area contributed by atoms with E-state index in [0.29, 0.717) is 6.54 Å². The van der Waals surface area contributed by atoms with E-state index in [2.05, 4.69) is 45.5 Å². The number of carbonyl (C=O) groups is 1. The van der Waals surface area contributed by atoms with Crippen LogP contribution in [0.2, 0.25) is 0 Å². The molecule has 1 saturated heterocycles. The fourth-order valence-corrected chi connectivity index (χ4v) is 5.35. The highest BCUT2D eigenvalue weighted by atomic mass is 16.1. The number of hydrogen-bond donors (Lipinski definition) is 1. The SMILES string of the molecule is Cc1nnc(N2CCC[C@H](C(=O)NCCC3=CCCCC3)C2)c2nn(-c3ccccc3)c(C)c12. The quantitative estimate of drug-likeness (QED) is 0.544. The Labute approximate surface area is 201 Å². The normalized spacial score (nSPS) is 18.7. The first kappa shape index (κ1) is 22.6. The molecule has 1 aliphatic carbocycles. The largest absolute Gasteiger partial charge is 0.355 e. The third-order valence-electron chi connectivity index (χ3n) is 7.21. The van der Waals surface area contributed by atoms with Crippen LogP contribution in [0.1, 0.15) is 56.3 Å². The standard InChI is InChI=1S/C27H34N6O/c1-19-24-20(2)33(23-13-7-4-8-14-23)31-25(24)26(30-29-19)32-17-9-12-22(18-32)27(34)28-16-15-21-10-5-3-6-11-21/h4,7-8,10,13-14,22H,3,5-6,9,11-12,15-18H2,1-2H3,(H,28,34)/t22-/m0/s1. The molecule has 0 saturated carbocycles. The van der Waals surface area contributed by atoms with Crippen molar-refractivity contribution in [3.8, 4) is 5.69 Å². The maximum absolute atomic E-state index is 13.0. The Morgan fingerprint density at radius 1 is 1.12 bits per heavy atom. The zero-order valence-corrected chi connectivity index (χ0v) is 20.3. The molecule has 5 rings (SSSR count). The number of amides is 1. The Morgan fingerprint density at radius 3 is 2.76 bits per heavy atom. The lowest BCUT2D eigenvalue weighted by molar-refractivity contribution is -0.125. The molecule has 0 spiro atoms. The predicted molar refractivity (Wildman–Crippen MR) is 135 cm³/mol. The van der Waals surface area contributed by atoms with E-state index in [0.717, 1.165) is 66.1 Å². The number of nitrogens with one attached hydrogen (secondary N) is 1. The van der Waals surface area contributed by atoms with E-state index in [4.69, 9.17) is 5.10 Å². The van der Waals surface area contributed by atoms with Crippen LogP contribution in [0.15, 0.2) is 42.0 Å². The van der Waals surface area contributed by atoms with Crippen LogP contribution >= 0.6 is 0 Å². The summed E-state index contributed by atoms with van der Waals surface area (Å²) in [6, 6.07) is 10.2. The van der Waals surface area contributed by atoms with Gasteiger partial charge >= 0.3 is 0 Å². The third-order valence-corrected chi connectivity index (χ3v) is 7.21. The summed E-state index contributed by atoms with van der Waals surface area (Å²) in [5, 5.41) is 18.2. The molecule has 1 amide bonds. The predicted octanol–water partition coefficient (Wildman–Crippen LogP) is 4.66. The van der Waals surface area contributed by atoms with Gasteiger partial charge in [0, 0.05) is 19.6 Å². The van der Waals surface area contributed by atoms with Crippen molar-refractivity contribution in [1.82, 2.24) is 25.3 Å². The average Bonchev–Trinajstić information content (AvgIpc) is 3.23. The van der Waals surface area contributed by atoms with Gasteiger partial charge in [-0.1, -0.05) is 29.8 Å². The molecule has 2 aromatic heterocycles. The number of rotatable bonds is 6. The zero-order chi connectivity index (χ0) is 23.5. The number of anilines is 1. The highest BCUT2D eigenvalue weighted by molar-refractivity contribution is 5.92. The highest BCUT2D eigenvalue weighted by Gasteiger charge is 2.29. The summed E-state index contributed by atoms with van der Waals surface area (Å²) in [4.78, 5) is 15.2. The van der Waals surface area contributed by atoms with Crippen LogP contribution in [0.25, 0.3) is 16.6 Å². The monoisotopic (exact) mass is 458 g/mol. The number of hydrogen-bond acceptors (Lipinski definition) is 5. The minimum atomic E-state index is -0.0375. The van der Waals surface area contributed by atoms with Gasteiger partial charge in [-0.3, -0.25) is 4.79 Å². The van der Waals surface area contributed by atoms with Crippen molar-refractivity contribution in [3.63, 3.8) is 0 Å². The number of piperidine rings is 1. The molecule has 7 heteroatoms. The lowest BCUT2D eigenvalue weighted by Crippen LogP contribution is -2.43. The molecule has 2 aliphatic rings. The minimum Gasteiger partial charge on any atom is -0.355 e. The summed E-state index contributed by atoms with van der Waals surface area (Å²) < 4.78 is 1.97. The Morgan fingerprint density at radius 2 is 1.97 bits per heavy atom. The molecule has 178 valence electrons. The van der Waals surface area contributed by atoms with Crippen molar-refractivity contribution >= 4 is 22.6 Å². The van der Waals surface area contributed by atoms with Crippen molar-refractivity contribution in [2.45, 2.75) is 58.8 Å². The number of benzene rings is 1. The summed E-state index contributed by atoms with van der Waals surface area (Å²) in [6.45, 7) is 6.31. The van der Waals surface area contributed by atoms with Crippen LogP contribution in [-0.2, 0) is 4.79 Å². The molecular formula is C27H34N6O. The van der Waals surface area contributed by atoms with Crippen molar-refractivity contribution in [3.05, 3.63) is 53.4 Å². The van der Waals surface area contributed by atoms with Crippen LogP contribution in [0.5, 0.6) is 0 Å². The first-order valence-corrected chi connectivity index (χ1v) is 12.6. The van der Waals surface area contributed by atoms with Crippen LogP contribution < -0.4 is 10.2 Å². The number of para-hydroxylation sites is 1. The molecule has 3 aromatic rings. The summed E-state index contributed by atoms with van der Waals surface area (Å²) >= 11 is 0. The second kappa shape index (κ2) is 9.95. The number of carbonyl (C=O) groups excluding carboxylic acids is 1. The molecule has 1 aliphatic heterocycles. The number of fused-ring (bicyclic) bond motifs is 1. The lowest BCUT2D eigenvalue weighted by atomic mass is 9.96. The fraction of sp³-hybridized carbons (Fsp3) is 0.481. The maximum Gasteiger partial charge on any atom is 0.224 e. The minimum absolute atomic E-state index is 0.0375. The topological polar surface area (TPSA) is 75.9 Å². The van der Waals surface area contributed by atoms with Crippen molar-refractivity contribution in [1.29, 1.82) is 0 Å². The van der Waals surface area contributed by atoms with Gasteiger partial charge in [0.15, 0.2) is 5.82 Å². The number of nitrogens with zero attached hydrogens (tertiary/aromatic N) is 5. The Hall–Kier alpha value is -3.22. The van der Waals surface area contributed by atoms with Gasteiger partial charge in [0.25, 0.3) is 0 Å². The van der Waals surface area contributed by atoms with E-state index < -0.39 is 0 Å². The third kappa shape index (κ3) is 4.56. The van der Waals surface area contributed by atoms with Gasteiger partial charge in [0.1, 0.15) is 5.52 Å². The Bertz CT molecular complexity index is 1200. The van der Waals surface area contributed by atoms with Crippen LogP contribution in [-0.4, -0.2) is 45.5 Å². The van der Waals surface area contributed by atoms with Gasteiger partial charge in [-0.2, -0.15) is 10.2 Å². The zero-order valence-electron chi connectivity index (χ0n) is 20.3. The maximum atomic E-state index is 13.0. The van der Waals surface area contributed by atoms with E-state index >= 15 is 0 Å². The Balaban J connectivity index is 1.33. The van der Waals surface area contributed by atoms with E-state index in [1.807, 2.05) is 29.8 Å². The number of aromatic nitrogens is 4. The van der Waals surface area contributed by atoms with Gasteiger partial charge in [-0.15, -0.1) is 5.10 Å². The van der Waals surface area contributed by atoms with E-state index in [-0.39, 0.29) is 11.8 Å². The summed E-state index contributed by atoms with van der Waals surface area (Å²) in [5.74, 6) is 0.899. The van der Waals surface area contributed by atoms with Gasteiger partial charge in [0.05, 0.1) is 28.4 Å². The van der Waals surface area contributed by atoms with Crippen LogP contribution in [0, 0.1) is 19.8 Å². The second-order valence-corrected chi connectivity index (χ2v) is 9.60. The van der Waals surface area contributed by atoms with Gasteiger partial charge in [-0.25, -0.2) is 4.68 Å². The molecule has 34 heavy (non-hydrogen) atoms. The first-order valence-electron chi connectivity index (χ1n) is 12.6. The average molecular weight is 459 g/mol. The molecule has 7 nitrogen and oxygen atoms in total. The smallest absolute Gasteiger partial charge is 0.224 e. The van der Waals surface area contributed by atoms with Gasteiger partial charge in [-0.05, 0) is 70.9 Å². The first-order chi connectivity index (χ1) is 16.6. The number of allylic oxidation sites excluding steroid dienone is 1. The highest BCUT2D eigenvalue weighted by Crippen LogP contribution is 2.31. The molecule has 0 unspecified atom stereocenters. The van der Waals surface area contributed by atoms with Gasteiger partial charge in [0.2, 0.25) is 5.91 Å². The molecule has 1 atom stereocenters. The summed E-state index contributed by atoms with van der Waals surface area (Å²) in [6.07, 6.45) is 10.1. The molecule has 3 heterocycles. The van der Waals surface area contributed by atoms with Crippen LogP contribution in [0.3, 0.4) is 0 Å². The fourth-order valence-electron chi connectivity index (χ4n) is 5.35. The second-order valence-electron chi connectivity index (χ2n) is 9.60. The Kier molecular flexibility index (Phi) is 6.61. The molecule has 1 fully saturated rings. The molecule has 0 bridgehead atoms. The van der Waals surface area contributed by atoms with Crippen molar-refractivity contribution in [2.75, 3.05) is 24.5 Å². The molecule has 1 N–H and O–H groups in total. The van der Waals surface area contributed by atoms with E-state index in [9.17, 15) is 4.79 Å². The lowest BCUT2D eigenvalue weighted by Gasteiger charge is -2.32. The molecule has 0 radical (unpaired) electrons. The van der Waals surface area contributed by atoms with Crippen molar-refractivity contribution in [2.24, 2.45) is 5.92 Å². The van der Waals surface area contributed by atoms with Crippen LogP contribution in [0.4, 0.5) is 5.82 Å². The molecule has 1 aromatic carbocycles.